The summed E-state index contributed by atoms with van der Waals surface area (Å²) in [6.45, 7) is 1.56. The van der Waals surface area contributed by atoms with Gasteiger partial charge in [0.05, 0.1) is 10.9 Å². The molecular weight excluding hydrogens is 348 g/mol. The number of benzene rings is 1. The minimum absolute atomic E-state index is 0.0949. The third-order valence-corrected chi connectivity index (χ3v) is 6.11. The summed E-state index contributed by atoms with van der Waals surface area (Å²) in [5, 5.41) is 3.44. The monoisotopic (exact) mass is 372 g/mol. The predicted molar refractivity (Wildman–Crippen MR) is 95.5 cm³/mol. The topological polar surface area (TPSA) is 75.3 Å². The number of hydrogen-bond acceptors (Lipinski definition) is 3. The maximum Gasteiger partial charge on any atom is 0.241 e. The van der Waals surface area contributed by atoms with Crippen LogP contribution in [0.25, 0.3) is 0 Å². The Morgan fingerprint density at radius 2 is 1.62 bits per heavy atom. The second-order valence-electron chi connectivity index (χ2n) is 6.35. The summed E-state index contributed by atoms with van der Waals surface area (Å²) in [5.74, 6) is -0.280. The van der Waals surface area contributed by atoms with Crippen LogP contribution in [-0.2, 0) is 14.8 Å². The van der Waals surface area contributed by atoms with E-state index in [0.717, 1.165) is 25.7 Å². The zero-order valence-corrected chi connectivity index (χ0v) is 15.5. The van der Waals surface area contributed by atoms with Crippen molar-refractivity contribution in [3.05, 3.63) is 29.3 Å². The summed E-state index contributed by atoms with van der Waals surface area (Å²) in [4.78, 5) is 12.4. The number of carbonyl (C=O) groups excluding carboxylic acids is 1. The summed E-state index contributed by atoms with van der Waals surface area (Å²) in [7, 11) is -3.74. The Balaban J connectivity index is 1.93. The quantitative estimate of drug-likeness (QED) is 0.833. The summed E-state index contributed by atoms with van der Waals surface area (Å²) >= 11 is 5.77. The standard InChI is InChI=1S/C17H25ClN2O3S/c1-13(17(21)19-15-7-5-3-2-4-6-8-15)20-24(22,23)16-11-9-14(18)10-12-16/h9-13,15,20H,2-8H2,1H3,(H,19,21). The van der Waals surface area contributed by atoms with Crippen LogP contribution in [0.1, 0.15) is 51.9 Å². The second kappa shape index (κ2) is 8.83. The fourth-order valence-electron chi connectivity index (χ4n) is 2.89. The van der Waals surface area contributed by atoms with E-state index in [1.807, 2.05) is 0 Å². The van der Waals surface area contributed by atoms with E-state index >= 15 is 0 Å². The average molecular weight is 373 g/mol. The molecule has 0 radical (unpaired) electrons. The van der Waals surface area contributed by atoms with Gasteiger partial charge in [-0.3, -0.25) is 4.79 Å². The number of sulfonamides is 1. The smallest absolute Gasteiger partial charge is 0.241 e. The zero-order valence-electron chi connectivity index (χ0n) is 13.9. The van der Waals surface area contributed by atoms with E-state index in [9.17, 15) is 13.2 Å². The molecule has 24 heavy (non-hydrogen) atoms. The van der Waals surface area contributed by atoms with E-state index in [1.165, 1.54) is 43.5 Å². The van der Waals surface area contributed by atoms with Crippen LogP contribution in [0.2, 0.25) is 5.02 Å². The van der Waals surface area contributed by atoms with E-state index in [-0.39, 0.29) is 16.8 Å². The average Bonchev–Trinajstić information content (AvgIpc) is 2.49. The van der Waals surface area contributed by atoms with Crippen molar-refractivity contribution in [3.8, 4) is 0 Å². The van der Waals surface area contributed by atoms with E-state index in [0.29, 0.717) is 5.02 Å². The summed E-state index contributed by atoms with van der Waals surface area (Å²) < 4.78 is 27.1. The normalized spacial score (nSPS) is 18.4. The van der Waals surface area contributed by atoms with Crippen molar-refractivity contribution in [1.82, 2.24) is 10.0 Å². The Morgan fingerprint density at radius 3 is 2.21 bits per heavy atom. The lowest BCUT2D eigenvalue weighted by Crippen LogP contribution is -2.48. The SMILES string of the molecule is CC(NS(=O)(=O)c1ccc(Cl)cc1)C(=O)NC1CCCCCCC1. The third-order valence-electron chi connectivity index (χ3n) is 4.30. The molecule has 1 aromatic rings. The van der Waals surface area contributed by atoms with Gasteiger partial charge in [0.15, 0.2) is 0 Å². The van der Waals surface area contributed by atoms with Crippen molar-refractivity contribution in [2.75, 3.05) is 0 Å². The van der Waals surface area contributed by atoms with Crippen molar-refractivity contribution >= 4 is 27.5 Å². The van der Waals surface area contributed by atoms with Gasteiger partial charge in [0, 0.05) is 11.1 Å². The van der Waals surface area contributed by atoms with Crippen LogP contribution < -0.4 is 10.0 Å². The van der Waals surface area contributed by atoms with E-state index in [2.05, 4.69) is 10.0 Å². The van der Waals surface area contributed by atoms with Crippen LogP contribution >= 0.6 is 11.6 Å². The molecule has 134 valence electrons. The second-order valence-corrected chi connectivity index (χ2v) is 8.50. The number of rotatable bonds is 5. The largest absolute Gasteiger partial charge is 0.352 e. The summed E-state index contributed by atoms with van der Waals surface area (Å²) in [6, 6.07) is 5.18. The summed E-state index contributed by atoms with van der Waals surface area (Å²) in [5.41, 5.74) is 0. The Morgan fingerprint density at radius 1 is 1.08 bits per heavy atom. The van der Waals surface area contributed by atoms with Gasteiger partial charge >= 0.3 is 0 Å². The Labute approximate surface area is 149 Å². The molecule has 1 saturated carbocycles. The zero-order chi connectivity index (χ0) is 17.6. The minimum atomic E-state index is -3.74. The molecule has 0 aromatic heterocycles. The molecule has 5 nitrogen and oxygen atoms in total. The lowest BCUT2D eigenvalue weighted by atomic mass is 9.96. The molecule has 1 amide bonds. The fraction of sp³-hybridized carbons (Fsp3) is 0.588. The van der Waals surface area contributed by atoms with Crippen molar-refractivity contribution in [2.24, 2.45) is 0 Å². The maximum absolute atomic E-state index is 12.3. The van der Waals surface area contributed by atoms with Crippen LogP contribution in [0.3, 0.4) is 0 Å². The molecule has 0 heterocycles. The molecule has 7 heteroatoms. The van der Waals surface area contributed by atoms with Gasteiger partial charge < -0.3 is 5.32 Å². The Hall–Kier alpha value is -1.11. The van der Waals surface area contributed by atoms with Gasteiger partial charge in [-0.25, -0.2) is 8.42 Å². The van der Waals surface area contributed by atoms with Crippen LogP contribution in [0.4, 0.5) is 0 Å². The van der Waals surface area contributed by atoms with E-state index in [4.69, 9.17) is 11.6 Å². The number of amides is 1. The van der Waals surface area contributed by atoms with Crippen LogP contribution in [0.5, 0.6) is 0 Å². The molecule has 1 atom stereocenters. The molecule has 1 fully saturated rings. The minimum Gasteiger partial charge on any atom is -0.352 e. The van der Waals surface area contributed by atoms with Gasteiger partial charge in [-0.05, 0) is 44.0 Å². The molecule has 1 unspecified atom stereocenters. The van der Waals surface area contributed by atoms with Crippen molar-refractivity contribution in [2.45, 2.75) is 68.8 Å². The molecular formula is C17H25ClN2O3S. The van der Waals surface area contributed by atoms with Gasteiger partial charge in [0.1, 0.15) is 0 Å². The first-order chi connectivity index (χ1) is 11.4. The van der Waals surface area contributed by atoms with Gasteiger partial charge in [0.25, 0.3) is 0 Å². The Kier molecular flexibility index (Phi) is 7.07. The molecule has 2 rings (SSSR count). The van der Waals surface area contributed by atoms with Gasteiger partial charge in [-0.1, -0.05) is 43.7 Å². The highest BCUT2D eigenvalue weighted by atomic mass is 35.5. The fourth-order valence-corrected chi connectivity index (χ4v) is 4.22. The molecule has 1 aliphatic carbocycles. The van der Waals surface area contributed by atoms with E-state index < -0.39 is 16.1 Å². The summed E-state index contributed by atoms with van der Waals surface area (Å²) in [6.07, 6.45) is 7.80. The van der Waals surface area contributed by atoms with E-state index in [1.54, 1.807) is 6.92 Å². The Bertz CT molecular complexity index is 638. The highest BCUT2D eigenvalue weighted by Crippen LogP contribution is 2.17. The molecule has 0 bridgehead atoms. The first kappa shape index (κ1) is 19.2. The number of nitrogens with one attached hydrogen (secondary N) is 2. The lowest BCUT2D eigenvalue weighted by molar-refractivity contribution is -0.123. The van der Waals surface area contributed by atoms with Gasteiger partial charge in [-0.2, -0.15) is 4.72 Å². The molecule has 0 spiro atoms. The molecule has 0 aliphatic heterocycles. The molecule has 0 saturated heterocycles. The third kappa shape index (κ3) is 5.76. The van der Waals surface area contributed by atoms with Crippen LogP contribution in [-0.4, -0.2) is 26.4 Å². The lowest BCUT2D eigenvalue weighted by Gasteiger charge is -2.23. The van der Waals surface area contributed by atoms with Crippen LogP contribution in [0.15, 0.2) is 29.2 Å². The number of hydrogen-bond donors (Lipinski definition) is 2. The maximum atomic E-state index is 12.3. The highest BCUT2D eigenvalue weighted by molar-refractivity contribution is 7.89. The van der Waals surface area contributed by atoms with Gasteiger partial charge in [0.2, 0.25) is 15.9 Å². The first-order valence-electron chi connectivity index (χ1n) is 8.47. The molecule has 1 aromatic carbocycles. The van der Waals surface area contributed by atoms with Gasteiger partial charge in [-0.15, -0.1) is 0 Å². The van der Waals surface area contributed by atoms with Crippen LogP contribution in [0, 0.1) is 0 Å². The first-order valence-corrected chi connectivity index (χ1v) is 10.3. The van der Waals surface area contributed by atoms with Crippen molar-refractivity contribution in [3.63, 3.8) is 0 Å². The number of halogens is 1. The molecule has 1 aliphatic rings. The van der Waals surface area contributed by atoms with Crippen molar-refractivity contribution in [1.29, 1.82) is 0 Å². The van der Waals surface area contributed by atoms with Crippen molar-refractivity contribution < 1.29 is 13.2 Å². The highest BCUT2D eigenvalue weighted by Gasteiger charge is 2.24. The predicted octanol–water partition coefficient (Wildman–Crippen LogP) is 3.24. The molecule has 2 N–H and O–H groups in total. The number of carbonyl (C=O) groups is 1.